The summed E-state index contributed by atoms with van der Waals surface area (Å²) in [5.41, 5.74) is 2.67. The highest BCUT2D eigenvalue weighted by Gasteiger charge is 2.54. The average molecular weight is 359 g/mol. The van der Waals surface area contributed by atoms with E-state index in [0.29, 0.717) is 17.8 Å². The smallest absolute Gasteiger partial charge is 0.282 e. The van der Waals surface area contributed by atoms with Crippen molar-refractivity contribution in [1.82, 2.24) is 9.78 Å². The first-order valence-corrected chi connectivity index (χ1v) is 9.13. The summed E-state index contributed by atoms with van der Waals surface area (Å²) >= 11 is 0. The summed E-state index contributed by atoms with van der Waals surface area (Å²) in [6.45, 7) is 4.53. The molecule has 1 saturated carbocycles. The van der Waals surface area contributed by atoms with Gasteiger partial charge in [0.2, 0.25) is 0 Å². The zero-order chi connectivity index (χ0) is 18.6. The molecule has 0 spiro atoms. The van der Waals surface area contributed by atoms with Crippen molar-refractivity contribution in [2.45, 2.75) is 39.0 Å². The number of alkyl halides is 2. The molecule has 4 rings (SSSR count). The van der Waals surface area contributed by atoms with Crippen LogP contribution in [0, 0.1) is 17.8 Å². The number of carbonyl (C=O) groups excluding carboxylic acids is 1. The van der Waals surface area contributed by atoms with E-state index in [9.17, 15) is 13.6 Å². The van der Waals surface area contributed by atoms with Crippen molar-refractivity contribution in [2.75, 3.05) is 5.32 Å². The summed E-state index contributed by atoms with van der Waals surface area (Å²) in [5, 5.41) is 6.57. The van der Waals surface area contributed by atoms with Gasteiger partial charge < -0.3 is 5.32 Å². The van der Waals surface area contributed by atoms with E-state index in [1.54, 1.807) is 0 Å². The van der Waals surface area contributed by atoms with Crippen LogP contribution in [0.15, 0.2) is 24.4 Å². The van der Waals surface area contributed by atoms with Crippen LogP contribution >= 0.6 is 0 Å². The van der Waals surface area contributed by atoms with E-state index in [1.165, 1.54) is 23.5 Å². The molecule has 2 aromatic rings. The summed E-state index contributed by atoms with van der Waals surface area (Å²) < 4.78 is 27.5. The Morgan fingerprint density at radius 1 is 1.35 bits per heavy atom. The normalized spacial score (nSPS) is 23.7. The predicted molar refractivity (Wildman–Crippen MR) is 95.4 cm³/mol. The number of rotatable bonds is 4. The van der Waals surface area contributed by atoms with Crippen molar-refractivity contribution < 1.29 is 13.6 Å². The molecule has 1 fully saturated rings. The summed E-state index contributed by atoms with van der Waals surface area (Å²) in [7, 11) is 1.53. The molecule has 1 amide bonds. The number of fused-ring (bicyclic) bond motifs is 3. The first-order chi connectivity index (χ1) is 12.4. The third-order valence-corrected chi connectivity index (χ3v) is 5.86. The van der Waals surface area contributed by atoms with Crippen molar-refractivity contribution in [3.8, 4) is 0 Å². The molecule has 138 valence electrons. The second-order valence-corrected chi connectivity index (χ2v) is 7.78. The van der Waals surface area contributed by atoms with Gasteiger partial charge in [-0.15, -0.1) is 0 Å². The Labute approximate surface area is 151 Å². The molecule has 6 heteroatoms. The Morgan fingerprint density at radius 2 is 2.12 bits per heavy atom. The van der Waals surface area contributed by atoms with Crippen LogP contribution in [0.3, 0.4) is 0 Å². The van der Waals surface area contributed by atoms with Gasteiger partial charge in [-0.1, -0.05) is 26.0 Å². The number of halogens is 2. The van der Waals surface area contributed by atoms with Gasteiger partial charge in [0.25, 0.3) is 12.3 Å². The van der Waals surface area contributed by atoms with E-state index >= 15 is 0 Å². The largest absolute Gasteiger partial charge is 0.322 e. The van der Waals surface area contributed by atoms with Crippen molar-refractivity contribution in [3.05, 3.63) is 46.8 Å². The Morgan fingerprint density at radius 3 is 2.81 bits per heavy atom. The first-order valence-electron chi connectivity index (χ1n) is 9.13. The third kappa shape index (κ3) is 2.72. The molecule has 0 radical (unpaired) electrons. The average Bonchev–Trinajstić information content (AvgIpc) is 3.21. The van der Waals surface area contributed by atoms with Crippen LogP contribution in [0.4, 0.5) is 14.5 Å². The first kappa shape index (κ1) is 17.2. The predicted octanol–water partition coefficient (Wildman–Crippen LogP) is 4.54. The molecule has 1 aromatic heterocycles. The molecule has 0 saturated heterocycles. The number of hydrogen-bond acceptors (Lipinski definition) is 2. The van der Waals surface area contributed by atoms with E-state index in [2.05, 4.69) is 30.3 Å². The maximum absolute atomic E-state index is 13.1. The van der Waals surface area contributed by atoms with E-state index in [4.69, 9.17) is 0 Å². The monoisotopic (exact) mass is 359 g/mol. The van der Waals surface area contributed by atoms with E-state index in [0.717, 1.165) is 30.0 Å². The SMILES string of the molecule is CC(C)C1C2CCc3c(NC(=O)c4cn(C)nc4C(F)F)cccc3C21. The van der Waals surface area contributed by atoms with Gasteiger partial charge in [0.1, 0.15) is 5.69 Å². The van der Waals surface area contributed by atoms with Crippen LogP contribution in [0.2, 0.25) is 0 Å². The van der Waals surface area contributed by atoms with Gasteiger partial charge in [-0.2, -0.15) is 5.10 Å². The Bertz CT molecular complexity index is 859. The molecule has 3 unspecified atom stereocenters. The summed E-state index contributed by atoms with van der Waals surface area (Å²) in [6, 6.07) is 5.96. The van der Waals surface area contributed by atoms with Crippen molar-refractivity contribution >= 4 is 11.6 Å². The van der Waals surface area contributed by atoms with Gasteiger partial charge in [-0.3, -0.25) is 9.48 Å². The van der Waals surface area contributed by atoms with Crippen LogP contribution in [-0.4, -0.2) is 15.7 Å². The van der Waals surface area contributed by atoms with Crippen molar-refractivity contribution in [1.29, 1.82) is 0 Å². The summed E-state index contributed by atoms with van der Waals surface area (Å²) in [5.74, 6) is 2.16. The van der Waals surface area contributed by atoms with Gasteiger partial charge in [-0.05, 0) is 53.7 Å². The van der Waals surface area contributed by atoms with Crippen molar-refractivity contribution in [3.63, 3.8) is 0 Å². The lowest BCUT2D eigenvalue weighted by Gasteiger charge is -2.19. The summed E-state index contributed by atoms with van der Waals surface area (Å²) in [6.07, 6.45) is 0.617. The fourth-order valence-corrected chi connectivity index (χ4v) is 4.78. The van der Waals surface area contributed by atoms with Crippen LogP contribution in [0.1, 0.15) is 59.8 Å². The standard InChI is InChI=1S/C20H23F2N3O/c1-10(2)16-13-8-7-11-12(17(13)16)5-4-6-15(11)23-20(26)14-9-25(3)24-18(14)19(21)22/h4-6,9-10,13,16-17,19H,7-8H2,1-3H3,(H,23,26). The number of anilines is 1. The number of amides is 1. The van der Waals surface area contributed by atoms with Gasteiger partial charge in [-0.25, -0.2) is 8.78 Å². The van der Waals surface area contributed by atoms with E-state index in [-0.39, 0.29) is 5.56 Å². The molecule has 2 aliphatic rings. The van der Waals surface area contributed by atoms with Crippen LogP contribution in [0.25, 0.3) is 0 Å². The number of hydrogen-bond donors (Lipinski definition) is 1. The maximum Gasteiger partial charge on any atom is 0.282 e. The van der Waals surface area contributed by atoms with Crippen LogP contribution < -0.4 is 5.32 Å². The molecule has 1 N–H and O–H groups in total. The highest BCUT2D eigenvalue weighted by Crippen LogP contribution is 2.63. The molecular weight excluding hydrogens is 336 g/mol. The molecule has 1 heterocycles. The fourth-order valence-electron chi connectivity index (χ4n) is 4.78. The lowest BCUT2D eigenvalue weighted by Crippen LogP contribution is -2.16. The molecular formula is C20H23F2N3O. The van der Waals surface area contributed by atoms with Crippen LogP contribution in [-0.2, 0) is 13.5 Å². The third-order valence-electron chi connectivity index (χ3n) is 5.86. The molecule has 3 atom stereocenters. The highest BCUT2D eigenvalue weighted by atomic mass is 19.3. The van der Waals surface area contributed by atoms with Gasteiger partial charge >= 0.3 is 0 Å². The number of aromatic nitrogens is 2. The lowest BCUT2D eigenvalue weighted by atomic mass is 9.90. The Hall–Kier alpha value is -2.24. The van der Waals surface area contributed by atoms with Gasteiger partial charge in [0.05, 0.1) is 5.56 Å². The quantitative estimate of drug-likeness (QED) is 0.871. The topological polar surface area (TPSA) is 46.9 Å². The van der Waals surface area contributed by atoms with Crippen molar-refractivity contribution in [2.24, 2.45) is 24.8 Å². The Balaban J connectivity index is 1.62. The number of aryl methyl sites for hydroxylation is 1. The zero-order valence-corrected chi connectivity index (χ0v) is 15.2. The number of benzene rings is 1. The van der Waals surface area contributed by atoms with Gasteiger partial charge in [0.15, 0.2) is 0 Å². The minimum absolute atomic E-state index is 0.0692. The lowest BCUT2D eigenvalue weighted by molar-refractivity contribution is 0.101. The summed E-state index contributed by atoms with van der Waals surface area (Å²) in [4.78, 5) is 12.6. The molecule has 26 heavy (non-hydrogen) atoms. The molecule has 2 aliphatic carbocycles. The highest BCUT2D eigenvalue weighted by molar-refractivity contribution is 6.05. The second-order valence-electron chi connectivity index (χ2n) is 7.78. The second kappa shape index (κ2) is 6.18. The van der Waals surface area contributed by atoms with E-state index in [1.807, 2.05) is 12.1 Å². The zero-order valence-electron chi connectivity index (χ0n) is 15.2. The fraction of sp³-hybridized carbons (Fsp3) is 0.500. The number of carbonyl (C=O) groups is 1. The van der Waals surface area contributed by atoms with E-state index < -0.39 is 18.0 Å². The Kier molecular flexibility index (Phi) is 4.09. The van der Waals surface area contributed by atoms with Gasteiger partial charge in [0, 0.05) is 18.9 Å². The molecule has 0 aliphatic heterocycles. The minimum Gasteiger partial charge on any atom is -0.322 e. The minimum atomic E-state index is -2.78. The molecule has 4 nitrogen and oxygen atoms in total. The number of nitrogens with one attached hydrogen (secondary N) is 1. The molecule has 0 bridgehead atoms. The maximum atomic E-state index is 13.1. The van der Waals surface area contributed by atoms with Crippen LogP contribution in [0.5, 0.6) is 0 Å². The molecule has 1 aromatic carbocycles. The number of nitrogens with zero attached hydrogens (tertiary/aromatic N) is 2.